The van der Waals surface area contributed by atoms with Gasteiger partial charge in [-0.15, -0.1) is 0 Å². The third-order valence-corrected chi connectivity index (χ3v) is 3.17. The van der Waals surface area contributed by atoms with Gasteiger partial charge >= 0.3 is 5.97 Å². The van der Waals surface area contributed by atoms with Crippen LogP contribution in [0.2, 0.25) is 5.02 Å². The van der Waals surface area contributed by atoms with Crippen LogP contribution >= 0.6 is 11.6 Å². The standard InChI is InChI=1S/C13H17ClO2/c1-4-13(3,12(15)16-5-2)10-6-8-11(14)9-7-10/h6-9H,4-5H2,1-3H3. The van der Waals surface area contributed by atoms with Crippen LogP contribution in [0.3, 0.4) is 0 Å². The molecular weight excluding hydrogens is 224 g/mol. The molecule has 0 aliphatic carbocycles. The molecule has 1 unspecified atom stereocenters. The van der Waals surface area contributed by atoms with E-state index < -0.39 is 5.41 Å². The maximum Gasteiger partial charge on any atom is 0.316 e. The van der Waals surface area contributed by atoms with Gasteiger partial charge in [0, 0.05) is 5.02 Å². The van der Waals surface area contributed by atoms with Crippen LogP contribution in [0.5, 0.6) is 0 Å². The molecule has 0 bridgehead atoms. The Kier molecular flexibility index (Phi) is 4.36. The lowest BCUT2D eigenvalue weighted by Crippen LogP contribution is -2.33. The molecule has 1 aromatic carbocycles. The summed E-state index contributed by atoms with van der Waals surface area (Å²) < 4.78 is 5.11. The number of benzene rings is 1. The Hall–Kier alpha value is -1.02. The number of rotatable bonds is 4. The number of esters is 1. The highest BCUT2D eigenvalue weighted by molar-refractivity contribution is 6.30. The van der Waals surface area contributed by atoms with E-state index in [4.69, 9.17) is 16.3 Å². The van der Waals surface area contributed by atoms with Crippen molar-refractivity contribution in [3.8, 4) is 0 Å². The summed E-state index contributed by atoms with van der Waals surface area (Å²) in [7, 11) is 0. The van der Waals surface area contributed by atoms with Crippen LogP contribution in [0.1, 0.15) is 32.8 Å². The van der Waals surface area contributed by atoms with Crippen LogP contribution in [0.4, 0.5) is 0 Å². The molecule has 0 saturated heterocycles. The Labute approximate surface area is 102 Å². The van der Waals surface area contributed by atoms with Crippen LogP contribution in [-0.4, -0.2) is 12.6 Å². The second-order valence-electron chi connectivity index (χ2n) is 3.91. The number of halogens is 1. The van der Waals surface area contributed by atoms with E-state index in [2.05, 4.69) is 0 Å². The number of hydrogen-bond donors (Lipinski definition) is 0. The van der Waals surface area contributed by atoms with Gasteiger partial charge in [-0.05, 0) is 38.0 Å². The Balaban J connectivity index is 3.04. The summed E-state index contributed by atoms with van der Waals surface area (Å²) in [6.45, 7) is 6.09. The second-order valence-corrected chi connectivity index (χ2v) is 4.35. The first-order chi connectivity index (χ1) is 7.54. The van der Waals surface area contributed by atoms with E-state index in [0.29, 0.717) is 18.1 Å². The van der Waals surface area contributed by atoms with Gasteiger partial charge in [-0.25, -0.2) is 0 Å². The molecule has 3 heteroatoms. The minimum Gasteiger partial charge on any atom is -0.465 e. The van der Waals surface area contributed by atoms with Crippen molar-refractivity contribution in [2.45, 2.75) is 32.6 Å². The summed E-state index contributed by atoms with van der Waals surface area (Å²) in [5.41, 5.74) is 0.360. The predicted molar refractivity (Wildman–Crippen MR) is 65.7 cm³/mol. The average Bonchev–Trinajstić information content (AvgIpc) is 2.29. The summed E-state index contributed by atoms with van der Waals surface area (Å²) in [5, 5.41) is 0.672. The molecule has 2 nitrogen and oxygen atoms in total. The molecule has 1 rings (SSSR count). The maximum absolute atomic E-state index is 11.9. The molecule has 0 radical (unpaired) electrons. The zero-order valence-electron chi connectivity index (χ0n) is 9.92. The van der Waals surface area contributed by atoms with Gasteiger partial charge < -0.3 is 4.74 Å². The molecule has 0 aromatic heterocycles. The van der Waals surface area contributed by atoms with Gasteiger partial charge in [0.1, 0.15) is 0 Å². The van der Waals surface area contributed by atoms with Crippen LogP contribution in [0.25, 0.3) is 0 Å². The third kappa shape index (κ3) is 2.56. The quantitative estimate of drug-likeness (QED) is 0.752. The van der Waals surface area contributed by atoms with Crippen molar-refractivity contribution in [3.05, 3.63) is 34.9 Å². The fraction of sp³-hybridized carbons (Fsp3) is 0.462. The molecule has 0 heterocycles. The van der Waals surface area contributed by atoms with Crippen molar-refractivity contribution in [1.82, 2.24) is 0 Å². The number of carbonyl (C=O) groups is 1. The van der Waals surface area contributed by atoms with E-state index >= 15 is 0 Å². The summed E-state index contributed by atoms with van der Waals surface area (Å²) in [4.78, 5) is 11.9. The van der Waals surface area contributed by atoms with Crippen LogP contribution in [-0.2, 0) is 14.9 Å². The van der Waals surface area contributed by atoms with Crippen molar-refractivity contribution >= 4 is 17.6 Å². The average molecular weight is 241 g/mol. The largest absolute Gasteiger partial charge is 0.465 e. The maximum atomic E-state index is 11.9. The highest BCUT2D eigenvalue weighted by atomic mass is 35.5. The lowest BCUT2D eigenvalue weighted by molar-refractivity contribution is -0.149. The first-order valence-electron chi connectivity index (χ1n) is 5.48. The van der Waals surface area contributed by atoms with Gasteiger partial charge in [0.2, 0.25) is 0 Å². The summed E-state index contributed by atoms with van der Waals surface area (Å²) in [6, 6.07) is 7.35. The van der Waals surface area contributed by atoms with Gasteiger partial charge in [-0.2, -0.15) is 0 Å². The zero-order valence-corrected chi connectivity index (χ0v) is 10.7. The van der Waals surface area contributed by atoms with E-state index in [-0.39, 0.29) is 5.97 Å². The van der Waals surface area contributed by atoms with Gasteiger partial charge in [0.25, 0.3) is 0 Å². The second kappa shape index (κ2) is 5.35. The SMILES string of the molecule is CCOC(=O)C(C)(CC)c1ccc(Cl)cc1. The van der Waals surface area contributed by atoms with E-state index in [1.807, 2.05) is 32.9 Å². The molecular formula is C13H17ClO2. The van der Waals surface area contributed by atoms with Crippen molar-refractivity contribution in [2.24, 2.45) is 0 Å². The normalized spacial score (nSPS) is 14.2. The molecule has 0 spiro atoms. The van der Waals surface area contributed by atoms with Gasteiger partial charge in [-0.3, -0.25) is 4.79 Å². The van der Waals surface area contributed by atoms with Gasteiger partial charge in [0.05, 0.1) is 12.0 Å². The van der Waals surface area contributed by atoms with E-state index in [0.717, 1.165) is 5.56 Å². The molecule has 88 valence electrons. The van der Waals surface area contributed by atoms with Crippen LogP contribution in [0.15, 0.2) is 24.3 Å². The summed E-state index contributed by atoms with van der Waals surface area (Å²) >= 11 is 5.83. The van der Waals surface area contributed by atoms with Gasteiger partial charge in [-0.1, -0.05) is 30.7 Å². The Morgan fingerprint density at radius 3 is 2.31 bits per heavy atom. The molecule has 1 aromatic rings. The predicted octanol–water partition coefficient (Wildman–Crippen LogP) is 3.57. The molecule has 0 aliphatic heterocycles. The van der Waals surface area contributed by atoms with E-state index in [1.165, 1.54) is 0 Å². The number of carbonyl (C=O) groups excluding carboxylic acids is 1. The molecule has 16 heavy (non-hydrogen) atoms. The Bertz CT molecular complexity index is 359. The molecule has 0 N–H and O–H groups in total. The molecule has 1 atom stereocenters. The third-order valence-electron chi connectivity index (χ3n) is 2.91. The molecule has 0 fully saturated rings. The van der Waals surface area contributed by atoms with Gasteiger partial charge in [0.15, 0.2) is 0 Å². The fourth-order valence-electron chi connectivity index (χ4n) is 1.57. The van der Waals surface area contributed by atoms with Crippen molar-refractivity contribution in [1.29, 1.82) is 0 Å². The highest BCUT2D eigenvalue weighted by Gasteiger charge is 2.34. The van der Waals surface area contributed by atoms with Crippen LogP contribution in [0, 0.1) is 0 Å². The highest BCUT2D eigenvalue weighted by Crippen LogP contribution is 2.29. The first-order valence-corrected chi connectivity index (χ1v) is 5.85. The topological polar surface area (TPSA) is 26.3 Å². The minimum atomic E-state index is -0.583. The van der Waals surface area contributed by atoms with E-state index in [9.17, 15) is 4.79 Å². The smallest absolute Gasteiger partial charge is 0.316 e. The number of hydrogen-bond acceptors (Lipinski definition) is 2. The Morgan fingerprint density at radius 1 is 1.31 bits per heavy atom. The van der Waals surface area contributed by atoms with E-state index in [1.54, 1.807) is 12.1 Å². The monoisotopic (exact) mass is 240 g/mol. The summed E-state index contributed by atoms with van der Waals surface area (Å²) in [6.07, 6.45) is 0.702. The Morgan fingerprint density at radius 2 is 1.88 bits per heavy atom. The molecule has 0 aliphatic rings. The lowest BCUT2D eigenvalue weighted by Gasteiger charge is -2.26. The molecule has 0 amide bonds. The lowest BCUT2D eigenvalue weighted by atomic mass is 9.80. The zero-order chi connectivity index (χ0) is 12.2. The summed E-state index contributed by atoms with van der Waals surface area (Å²) in [5.74, 6) is -0.181. The van der Waals surface area contributed by atoms with Crippen molar-refractivity contribution in [3.63, 3.8) is 0 Å². The van der Waals surface area contributed by atoms with Crippen molar-refractivity contribution in [2.75, 3.05) is 6.61 Å². The first kappa shape index (κ1) is 13.0. The number of ether oxygens (including phenoxy) is 1. The molecule has 0 saturated carbocycles. The minimum absolute atomic E-state index is 0.181. The fourth-order valence-corrected chi connectivity index (χ4v) is 1.70. The van der Waals surface area contributed by atoms with Crippen molar-refractivity contribution < 1.29 is 9.53 Å². The van der Waals surface area contributed by atoms with Crippen LogP contribution < -0.4 is 0 Å².